The third kappa shape index (κ3) is 5.61. The molecule has 0 amide bonds. The molecule has 1 aliphatic rings. The molecular formula is C23H27NO4S. The molecule has 5 nitrogen and oxygen atoms in total. The van der Waals surface area contributed by atoms with Crippen molar-refractivity contribution in [1.29, 1.82) is 0 Å². The van der Waals surface area contributed by atoms with E-state index in [1.807, 2.05) is 50.4 Å². The highest BCUT2D eigenvalue weighted by Crippen LogP contribution is 2.21. The van der Waals surface area contributed by atoms with Crippen LogP contribution in [0.15, 0.2) is 41.3 Å². The Hall–Kier alpha value is -2.31. The summed E-state index contributed by atoms with van der Waals surface area (Å²) in [5.74, 6) is -0.719. The van der Waals surface area contributed by atoms with Crippen LogP contribution in [0.4, 0.5) is 0 Å². The molecule has 1 aromatic heterocycles. The van der Waals surface area contributed by atoms with E-state index in [0.29, 0.717) is 5.56 Å². The number of hydrogen-bond donors (Lipinski definition) is 0. The number of thioether (sulfide) groups is 1. The van der Waals surface area contributed by atoms with Crippen molar-refractivity contribution in [1.82, 2.24) is 4.57 Å². The molecule has 1 saturated heterocycles. The van der Waals surface area contributed by atoms with Gasteiger partial charge in [-0.2, -0.15) is 0 Å². The molecule has 0 bridgehead atoms. The van der Waals surface area contributed by atoms with Gasteiger partial charge in [-0.05, 0) is 62.8 Å². The van der Waals surface area contributed by atoms with Crippen LogP contribution in [0.25, 0.3) is 6.08 Å². The number of carbonyl (C=O) groups is 2. The second kappa shape index (κ2) is 9.94. The van der Waals surface area contributed by atoms with Crippen LogP contribution in [0.5, 0.6) is 0 Å². The summed E-state index contributed by atoms with van der Waals surface area (Å²) in [4.78, 5) is 25.7. The number of ketones is 1. The van der Waals surface area contributed by atoms with Crippen LogP contribution in [0.1, 0.15) is 40.2 Å². The third-order valence-electron chi connectivity index (χ3n) is 5.16. The van der Waals surface area contributed by atoms with Crippen LogP contribution < -0.4 is 0 Å². The molecule has 0 spiro atoms. The van der Waals surface area contributed by atoms with Gasteiger partial charge in [0.1, 0.15) is 0 Å². The molecule has 1 aliphatic heterocycles. The Morgan fingerprint density at radius 1 is 1.28 bits per heavy atom. The van der Waals surface area contributed by atoms with Gasteiger partial charge >= 0.3 is 5.97 Å². The van der Waals surface area contributed by atoms with Crippen LogP contribution in [0.3, 0.4) is 0 Å². The van der Waals surface area contributed by atoms with Gasteiger partial charge in [-0.3, -0.25) is 4.79 Å². The van der Waals surface area contributed by atoms with Crippen molar-refractivity contribution < 1.29 is 19.1 Å². The Balaban J connectivity index is 1.55. The lowest BCUT2D eigenvalue weighted by atomic mass is 10.1. The van der Waals surface area contributed by atoms with Gasteiger partial charge in [0.05, 0.1) is 6.10 Å². The molecular weight excluding hydrogens is 386 g/mol. The van der Waals surface area contributed by atoms with E-state index in [1.165, 1.54) is 6.08 Å². The lowest BCUT2D eigenvalue weighted by Gasteiger charge is -2.14. The zero-order valence-electron chi connectivity index (χ0n) is 17.1. The minimum absolute atomic E-state index is 0.192. The van der Waals surface area contributed by atoms with Gasteiger partial charge in [0.25, 0.3) is 0 Å². The van der Waals surface area contributed by atoms with Gasteiger partial charge in [0.15, 0.2) is 6.61 Å². The molecule has 0 N–H and O–H groups in total. The first-order valence-corrected chi connectivity index (χ1v) is 11.0. The van der Waals surface area contributed by atoms with Gasteiger partial charge in [-0.15, -0.1) is 11.8 Å². The van der Waals surface area contributed by atoms with Crippen LogP contribution in [0, 0.1) is 13.8 Å². The molecule has 1 fully saturated rings. The number of esters is 1. The average molecular weight is 414 g/mol. The number of Topliss-reactive ketones (excluding diaryl/α,β-unsaturated/α-hetero) is 1. The third-order valence-corrected chi connectivity index (χ3v) is 5.90. The summed E-state index contributed by atoms with van der Waals surface area (Å²) in [6.45, 7) is 5.20. The molecule has 0 saturated carbocycles. The highest BCUT2D eigenvalue weighted by molar-refractivity contribution is 7.98. The number of carbonyl (C=O) groups excluding carboxylic acids is 2. The summed E-state index contributed by atoms with van der Waals surface area (Å²) < 4.78 is 13.0. The molecule has 1 unspecified atom stereocenters. The molecule has 154 valence electrons. The molecule has 0 radical (unpaired) electrons. The first-order valence-electron chi connectivity index (χ1n) is 9.78. The lowest BCUT2D eigenvalue weighted by Crippen LogP contribution is -2.18. The van der Waals surface area contributed by atoms with E-state index in [9.17, 15) is 9.59 Å². The topological polar surface area (TPSA) is 57.5 Å². The molecule has 2 aromatic rings. The molecule has 29 heavy (non-hydrogen) atoms. The molecule has 2 heterocycles. The van der Waals surface area contributed by atoms with E-state index in [4.69, 9.17) is 9.47 Å². The SMILES string of the molecule is CSc1ccc(C=CC(=O)OCC(=O)c2cc(C)n(CC3CCCO3)c2C)cc1. The Labute approximate surface area is 176 Å². The molecule has 0 aliphatic carbocycles. The van der Waals surface area contributed by atoms with Gasteiger partial charge in [-0.1, -0.05) is 12.1 Å². The second-order valence-corrected chi connectivity index (χ2v) is 8.05. The van der Waals surface area contributed by atoms with Crippen LogP contribution in [0.2, 0.25) is 0 Å². The predicted molar refractivity (Wildman–Crippen MR) is 115 cm³/mol. The zero-order chi connectivity index (χ0) is 20.8. The Kier molecular flexibility index (Phi) is 7.34. The summed E-state index contributed by atoms with van der Waals surface area (Å²) in [7, 11) is 0. The van der Waals surface area contributed by atoms with Gasteiger partial charge in [-0.25, -0.2) is 4.79 Å². The first kappa shape index (κ1) is 21.4. The number of aryl methyl sites for hydroxylation is 1. The van der Waals surface area contributed by atoms with E-state index < -0.39 is 5.97 Å². The Morgan fingerprint density at radius 2 is 2.03 bits per heavy atom. The number of aromatic nitrogens is 1. The zero-order valence-corrected chi connectivity index (χ0v) is 18.0. The fourth-order valence-corrected chi connectivity index (χ4v) is 3.91. The highest BCUT2D eigenvalue weighted by Gasteiger charge is 2.21. The van der Waals surface area contributed by atoms with Crippen molar-refractivity contribution in [2.75, 3.05) is 19.5 Å². The molecule has 6 heteroatoms. The van der Waals surface area contributed by atoms with E-state index in [-0.39, 0.29) is 18.5 Å². The fraction of sp³-hybridized carbons (Fsp3) is 0.391. The van der Waals surface area contributed by atoms with Crippen molar-refractivity contribution in [2.45, 2.75) is 44.2 Å². The number of nitrogens with zero attached hydrogens (tertiary/aromatic N) is 1. The number of rotatable bonds is 8. The summed E-state index contributed by atoms with van der Waals surface area (Å²) in [5.41, 5.74) is 3.42. The number of benzene rings is 1. The lowest BCUT2D eigenvalue weighted by molar-refractivity contribution is -0.136. The van der Waals surface area contributed by atoms with E-state index in [1.54, 1.807) is 17.8 Å². The van der Waals surface area contributed by atoms with Crippen molar-refractivity contribution in [2.24, 2.45) is 0 Å². The largest absolute Gasteiger partial charge is 0.454 e. The first-order chi connectivity index (χ1) is 14.0. The predicted octanol–water partition coefficient (Wildman–Crippen LogP) is 4.45. The van der Waals surface area contributed by atoms with Gasteiger partial charge in [0.2, 0.25) is 5.78 Å². The maximum Gasteiger partial charge on any atom is 0.331 e. The standard InChI is InChI=1S/C23H27NO4S/c1-16-13-21(17(2)24(16)14-19-5-4-12-27-19)22(25)15-28-23(26)11-8-18-6-9-20(29-3)10-7-18/h6-11,13,19H,4-5,12,14-15H2,1-3H3. The van der Waals surface area contributed by atoms with Crippen molar-refractivity contribution >= 4 is 29.6 Å². The summed E-state index contributed by atoms with van der Waals surface area (Å²) in [6, 6.07) is 9.72. The minimum atomic E-state index is -0.527. The summed E-state index contributed by atoms with van der Waals surface area (Å²) in [6.07, 6.45) is 7.38. The monoisotopic (exact) mass is 413 g/mol. The Morgan fingerprint density at radius 3 is 2.69 bits per heavy atom. The van der Waals surface area contributed by atoms with Gasteiger partial charge < -0.3 is 14.0 Å². The second-order valence-electron chi connectivity index (χ2n) is 7.17. The van der Waals surface area contributed by atoms with Crippen LogP contribution >= 0.6 is 11.8 Å². The van der Waals surface area contributed by atoms with Crippen molar-refractivity contribution in [3.8, 4) is 0 Å². The summed E-state index contributed by atoms with van der Waals surface area (Å²) in [5, 5.41) is 0. The Bertz CT molecular complexity index is 892. The highest BCUT2D eigenvalue weighted by atomic mass is 32.2. The summed E-state index contributed by atoms with van der Waals surface area (Å²) >= 11 is 1.66. The van der Waals surface area contributed by atoms with E-state index >= 15 is 0 Å². The normalized spacial score (nSPS) is 16.4. The smallest absolute Gasteiger partial charge is 0.331 e. The van der Waals surface area contributed by atoms with E-state index in [2.05, 4.69) is 4.57 Å². The minimum Gasteiger partial charge on any atom is -0.454 e. The van der Waals surface area contributed by atoms with Crippen LogP contribution in [-0.2, 0) is 20.8 Å². The number of ether oxygens (including phenoxy) is 2. The quantitative estimate of drug-likeness (QED) is 0.277. The van der Waals surface area contributed by atoms with Crippen molar-refractivity contribution in [3.05, 3.63) is 58.9 Å². The van der Waals surface area contributed by atoms with Crippen molar-refractivity contribution in [3.63, 3.8) is 0 Å². The molecule has 1 aromatic carbocycles. The average Bonchev–Trinajstić information content (AvgIpc) is 3.34. The fourth-order valence-electron chi connectivity index (χ4n) is 3.50. The molecule has 3 rings (SSSR count). The van der Waals surface area contributed by atoms with E-state index in [0.717, 1.165) is 47.8 Å². The molecule has 1 atom stereocenters. The number of hydrogen-bond acceptors (Lipinski definition) is 5. The van der Waals surface area contributed by atoms with Gasteiger partial charge in [0, 0.05) is 41.1 Å². The van der Waals surface area contributed by atoms with Crippen LogP contribution in [-0.4, -0.2) is 41.9 Å². The maximum absolute atomic E-state index is 12.6. The maximum atomic E-state index is 12.6.